The lowest BCUT2D eigenvalue weighted by molar-refractivity contribution is -0.00268. The van der Waals surface area contributed by atoms with Gasteiger partial charge in [0.25, 0.3) is 0 Å². The summed E-state index contributed by atoms with van der Waals surface area (Å²) in [5.41, 5.74) is 0.638. The van der Waals surface area contributed by atoms with Crippen LogP contribution in [0.5, 0.6) is 5.75 Å². The van der Waals surface area contributed by atoms with Crippen molar-refractivity contribution in [2.24, 2.45) is 0 Å². The molecule has 4 nitrogen and oxygen atoms in total. The summed E-state index contributed by atoms with van der Waals surface area (Å²) in [5, 5.41) is 8.86. The number of nitrogens with zero attached hydrogens (tertiary/aromatic N) is 2. The second-order valence-corrected chi connectivity index (χ2v) is 5.42. The van der Waals surface area contributed by atoms with Crippen molar-refractivity contribution in [2.45, 2.75) is 32.3 Å². The SMILES string of the molecule is CCCOC1CCCN(CCOc2cccc(C#N)c2)C1. The van der Waals surface area contributed by atoms with E-state index in [4.69, 9.17) is 14.7 Å². The van der Waals surface area contributed by atoms with Crippen molar-refractivity contribution in [2.75, 3.05) is 32.8 Å². The van der Waals surface area contributed by atoms with E-state index in [1.165, 1.54) is 12.8 Å². The van der Waals surface area contributed by atoms with Gasteiger partial charge in [-0.3, -0.25) is 4.90 Å². The molecular weight excluding hydrogens is 264 g/mol. The van der Waals surface area contributed by atoms with Crippen LogP contribution in [0.15, 0.2) is 24.3 Å². The first kappa shape index (κ1) is 15.8. The van der Waals surface area contributed by atoms with Gasteiger partial charge in [0, 0.05) is 19.7 Å². The van der Waals surface area contributed by atoms with E-state index in [0.29, 0.717) is 18.3 Å². The predicted octanol–water partition coefficient (Wildman–Crippen LogP) is 2.83. The van der Waals surface area contributed by atoms with Crippen molar-refractivity contribution in [3.63, 3.8) is 0 Å². The topological polar surface area (TPSA) is 45.5 Å². The van der Waals surface area contributed by atoms with Gasteiger partial charge in [-0.15, -0.1) is 0 Å². The molecule has 0 radical (unpaired) electrons. The summed E-state index contributed by atoms with van der Waals surface area (Å²) in [6, 6.07) is 9.44. The number of hydrogen-bond acceptors (Lipinski definition) is 4. The Bertz CT molecular complexity index is 470. The van der Waals surface area contributed by atoms with E-state index >= 15 is 0 Å². The summed E-state index contributed by atoms with van der Waals surface area (Å²) in [7, 11) is 0. The monoisotopic (exact) mass is 288 g/mol. The molecule has 1 aromatic carbocycles. The highest BCUT2D eigenvalue weighted by Gasteiger charge is 2.19. The number of ether oxygens (including phenoxy) is 2. The van der Waals surface area contributed by atoms with Crippen molar-refractivity contribution < 1.29 is 9.47 Å². The van der Waals surface area contributed by atoms with Gasteiger partial charge in [0.05, 0.1) is 17.7 Å². The second-order valence-electron chi connectivity index (χ2n) is 5.42. The van der Waals surface area contributed by atoms with Crippen molar-refractivity contribution in [3.05, 3.63) is 29.8 Å². The van der Waals surface area contributed by atoms with Crippen molar-refractivity contribution >= 4 is 0 Å². The first-order valence-electron chi connectivity index (χ1n) is 7.78. The quantitative estimate of drug-likeness (QED) is 0.774. The van der Waals surface area contributed by atoms with Crippen LogP contribution in [0.25, 0.3) is 0 Å². The van der Waals surface area contributed by atoms with E-state index in [9.17, 15) is 0 Å². The zero-order valence-electron chi connectivity index (χ0n) is 12.8. The van der Waals surface area contributed by atoms with Gasteiger partial charge in [-0.1, -0.05) is 13.0 Å². The maximum atomic E-state index is 8.86. The van der Waals surface area contributed by atoms with Gasteiger partial charge in [0.1, 0.15) is 12.4 Å². The fourth-order valence-electron chi connectivity index (χ4n) is 2.58. The van der Waals surface area contributed by atoms with Crippen LogP contribution >= 0.6 is 0 Å². The molecule has 0 bridgehead atoms. The van der Waals surface area contributed by atoms with E-state index in [-0.39, 0.29) is 0 Å². The first-order valence-corrected chi connectivity index (χ1v) is 7.78. The summed E-state index contributed by atoms with van der Waals surface area (Å²) in [5.74, 6) is 0.768. The van der Waals surface area contributed by atoms with Crippen LogP contribution in [-0.4, -0.2) is 43.9 Å². The van der Waals surface area contributed by atoms with E-state index < -0.39 is 0 Å². The van der Waals surface area contributed by atoms with E-state index in [2.05, 4.69) is 17.9 Å². The molecule has 0 spiro atoms. The highest BCUT2D eigenvalue weighted by molar-refractivity contribution is 5.36. The largest absolute Gasteiger partial charge is 0.492 e. The lowest BCUT2D eigenvalue weighted by Gasteiger charge is -2.32. The van der Waals surface area contributed by atoms with Crippen molar-refractivity contribution in [3.8, 4) is 11.8 Å². The third kappa shape index (κ3) is 5.37. The summed E-state index contributed by atoms with van der Waals surface area (Å²) >= 11 is 0. The lowest BCUT2D eigenvalue weighted by atomic mass is 10.1. The molecule has 2 rings (SSSR count). The zero-order chi connectivity index (χ0) is 14.9. The van der Waals surface area contributed by atoms with Crippen LogP contribution in [0, 0.1) is 11.3 Å². The van der Waals surface area contributed by atoms with Crippen LogP contribution in [0.4, 0.5) is 0 Å². The van der Waals surface area contributed by atoms with E-state index in [1.807, 2.05) is 12.1 Å². The number of nitriles is 1. The highest BCUT2D eigenvalue weighted by Crippen LogP contribution is 2.15. The van der Waals surface area contributed by atoms with E-state index in [0.717, 1.165) is 38.4 Å². The van der Waals surface area contributed by atoms with Gasteiger partial charge in [0.15, 0.2) is 0 Å². The van der Waals surface area contributed by atoms with Gasteiger partial charge < -0.3 is 9.47 Å². The highest BCUT2D eigenvalue weighted by atomic mass is 16.5. The Kier molecular flexibility index (Phi) is 6.52. The molecule has 0 N–H and O–H groups in total. The fourth-order valence-corrected chi connectivity index (χ4v) is 2.58. The minimum absolute atomic E-state index is 0.376. The first-order chi connectivity index (χ1) is 10.3. The molecule has 4 heteroatoms. The molecule has 1 heterocycles. The molecule has 1 unspecified atom stereocenters. The Morgan fingerprint density at radius 2 is 2.29 bits per heavy atom. The average Bonchev–Trinajstić information content (AvgIpc) is 2.53. The molecule has 0 amide bonds. The number of hydrogen-bond donors (Lipinski definition) is 0. The maximum absolute atomic E-state index is 8.86. The molecule has 1 aliphatic rings. The van der Waals surface area contributed by atoms with Crippen LogP contribution in [0.2, 0.25) is 0 Å². The summed E-state index contributed by atoms with van der Waals surface area (Å²) in [6.07, 6.45) is 3.81. The Labute approximate surface area is 127 Å². The van der Waals surface area contributed by atoms with Crippen LogP contribution in [0.3, 0.4) is 0 Å². The van der Waals surface area contributed by atoms with Gasteiger partial charge in [-0.2, -0.15) is 5.26 Å². The smallest absolute Gasteiger partial charge is 0.120 e. The number of likely N-dealkylation sites (tertiary alicyclic amines) is 1. The number of rotatable bonds is 7. The van der Waals surface area contributed by atoms with Gasteiger partial charge in [-0.25, -0.2) is 0 Å². The van der Waals surface area contributed by atoms with Crippen LogP contribution in [-0.2, 0) is 4.74 Å². The third-order valence-corrected chi connectivity index (χ3v) is 3.66. The number of benzene rings is 1. The molecule has 0 aliphatic carbocycles. The molecule has 0 saturated carbocycles. The molecule has 21 heavy (non-hydrogen) atoms. The zero-order valence-corrected chi connectivity index (χ0v) is 12.8. The standard InChI is InChI=1S/C17H24N2O2/c1-2-10-20-17-7-4-8-19(14-17)9-11-21-16-6-3-5-15(12-16)13-18/h3,5-6,12,17H,2,4,7-11,14H2,1H3. The van der Waals surface area contributed by atoms with Crippen LogP contribution < -0.4 is 4.74 Å². The summed E-state index contributed by atoms with van der Waals surface area (Å²) in [6.45, 7) is 6.67. The third-order valence-electron chi connectivity index (χ3n) is 3.66. The molecule has 1 atom stereocenters. The maximum Gasteiger partial charge on any atom is 0.120 e. The molecule has 0 aromatic heterocycles. The summed E-state index contributed by atoms with van der Waals surface area (Å²) < 4.78 is 11.6. The normalized spacial score (nSPS) is 19.1. The molecule has 1 aliphatic heterocycles. The predicted molar refractivity (Wildman–Crippen MR) is 82.4 cm³/mol. The molecule has 1 saturated heterocycles. The van der Waals surface area contributed by atoms with Gasteiger partial charge >= 0.3 is 0 Å². The molecule has 114 valence electrons. The molecule has 1 fully saturated rings. The van der Waals surface area contributed by atoms with Crippen molar-refractivity contribution in [1.82, 2.24) is 4.90 Å². The Morgan fingerprint density at radius 1 is 1.38 bits per heavy atom. The minimum atomic E-state index is 0.376. The Hall–Kier alpha value is -1.57. The Morgan fingerprint density at radius 3 is 3.10 bits per heavy atom. The summed E-state index contributed by atoms with van der Waals surface area (Å²) in [4.78, 5) is 2.40. The van der Waals surface area contributed by atoms with E-state index in [1.54, 1.807) is 12.1 Å². The average molecular weight is 288 g/mol. The van der Waals surface area contributed by atoms with Gasteiger partial charge in [-0.05, 0) is 44.0 Å². The molecule has 1 aromatic rings. The van der Waals surface area contributed by atoms with Gasteiger partial charge in [0.2, 0.25) is 0 Å². The fraction of sp³-hybridized carbons (Fsp3) is 0.588. The van der Waals surface area contributed by atoms with Crippen LogP contribution in [0.1, 0.15) is 31.7 Å². The number of piperidine rings is 1. The minimum Gasteiger partial charge on any atom is -0.492 e. The van der Waals surface area contributed by atoms with Crippen molar-refractivity contribution in [1.29, 1.82) is 5.26 Å². The molecular formula is C17H24N2O2. The Balaban J connectivity index is 1.71. The second kappa shape index (κ2) is 8.66. The lowest BCUT2D eigenvalue weighted by Crippen LogP contribution is -2.41.